The van der Waals surface area contributed by atoms with E-state index in [1.807, 2.05) is 34.8 Å². The quantitative estimate of drug-likeness (QED) is 0.854. The van der Waals surface area contributed by atoms with Crippen molar-refractivity contribution in [3.8, 4) is 0 Å². The highest BCUT2D eigenvalue weighted by atomic mass is 16.2. The Bertz CT molecular complexity index is 811. The zero-order valence-electron chi connectivity index (χ0n) is 16.8. The molecule has 2 saturated heterocycles. The minimum atomic E-state index is -0.0393. The molecule has 2 aliphatic rings. The Hall–Kier alpha value is -2.22. The normalized spacial score (nSPS) is 21.8. The van der Waals surface area contributed by atoms with E-state index in [1.54, 1.807) is 6.20 Å². The lowest BCUT2D eigenvalue weighted by Crippen LogP contribution is -2.49. The van der Waals surface area contributed by atoms with Crippen LogP contribution in [0.2, 0.25) is 0 Å². The summed E-state index contributed by atoms with van der Waals surface area (Å²) in [6.07, 6.45) is 3.73. The van der Waals surface area contributed by atoms with Gasteiger partial charge in [0.2, 0.25) is 0 Å². The van der Waals surface area contributed by atoms with Gasteiger partial charge >= 0.3 is 0 Å². The van der Waals surface area contributed by atoms with Crippen LogP contribution in [-0.4, -0.2) is 83.0 Å². The second-order valence-corrected chi connectivity index (χ2v) is 7.89. The monoisotopic (exact) mass is 382 g/mol. The lowest BCUT2D eigenvalue weighted by atomic mass is 10.1. The van der Waals surface area contributed by atoms with Gasteiger partial charge in [0.1, 0.15) is 11.9 Å². The summed E-state index contributed by atoms with van der Waals surface area (Å²) in [4.78, 5) is 24.6. The van der Waals surface area contributed by atoms with Crippen LogP contribution in [0.5, 0.6) is 0 Å². The van der Waals surface area contributed by atoms with Crippen molar-refractivity contribution in [2.45, 2.75) is 12.6 Å². The molecule has 3 heterocycles. The van der Waals surface area contributed by atoms with Gasteiger partial charge in [0.25, 0.3) is 5.91 Å². The molecule has 0 bridgehead atoms. The minimum absolute atomic E-state index is 0.0393. The number of hydrogen-bond donors (Lipinski definition) is 1. The number of aryl methyl sites for hydroxylation is 1. The minimum Gasteiger partial charge on any atom is -0.336 e. The number of piperazine rings is 2. The third-order valence-corrected chi connectivity index (χ3v) is 5.84. The zero-order valence-corrected chi connectivity index (χ0v) is 16.8. The number of nitrogens with zero attached hydrogens (tertiary/aromatic N) is 5. The topological polar surface area (TPSA) is 56.6 Å². The van der Waals surface area contributed by atoms with Crippen molar-refractivity contribution < 1.29 is 4.79 Å². The van der Waals surface area contributed by atoms with E-state index in [1.165, 1.54) is 5.56 Å². The van der Waals surface area contributed by atoms with Gasteiger partial charge in [0, 0.05) is 77.4 Å². The van der Waals surface area contributed by atoms with Crippen molar-refractivity contribution in [2.75, 3.05) is 52.9 Å². The molecule has 2 aliphatic heterocycles. The summed E-state index contributed by atoms with van der Waals surface area (Å²) in [6, 6.07) is 8.10. The first-order valence-electron chi connectivity index (χ1n) is 10.1. The summed E-state index contributed by atoms with van der Waals surface area (Å²) in [5.41, 5.74) is 1.98. The molecule has 1 aromatic heterocycles. The Morgan fingerprint density at radius 1 is 1.18 bits per heavy atom. The molecule has 0 saturated carbocycles. The highest BCUT2D eigenvalue weighted by Crippen LogP contribution is 2.23. The van der Waals surface area contributed by atoms with Crippen molar-refractivity contribution in [1.29, 1.82) is 0 Å². The Kier molecular flexibility index (Phi) is 5.75. The van der Waals surface area contributed by atoms with E-state index in [4.69, 9.17) is 0 Å². The number of likely N-dealkylation sites (N-methyl/N-ethyl adjacent to an activating group) is 1. The number of rotatable bonds is 4. The lowest BCUT2D eigenvalue weighted by molar-refractivity contribution is 0.0620. The van der Waals surface area contributed by atoms with E-state index in [0.29, 0.717) is 6.54 Å². The predicted molar refractivity (Wildman–Crippen MR) is 109 cm³/mol. The molecule has 1 N–H and O–H groups in total. The van der Waals surface area contributed by atoms with Gasteiger partial charge in [-0.25, -0.2) is 4.98 Å². The average Bonchev–Trinajstić information content (AvgIpc) is 3.15. The van der Waals surface area contributed by atoms with Crippen LogP contribution in [0, 0.1) is 0 Å². The number of aromatic nitrogens is 2. The van der Waals surface area contributed by atoms with Gasteiger partial charge in [-0.1, -0.05) is 12.1 Å². The van der Waals surface area contributed by atoms with E-state index in [0.717, 1.165) is 57.2 Å². The number of imidazole rings is 1. The number of nitrogens with one attached hydrogen (secondary N) is 1. The van der Waals surface area contributed by atoms with Gasteiger partial charge in [-0.15, -0.1) is 0 Å². The largest absolute Gasteiger partial charge is 0.336 e. The fraction of sp³-hybridized carbons (Fsp3) is 0.524. The van der Waals surface area contributed by atoms with Crippen molar-refractivity contribution >= 4 is 5.91 Å². The molecular formula is C21H30N6O. The molecule has 1 atom stereocenters. The molecule has 0 radical (unpaired) electrons. The number of carbonyl (C=O) groups is 1. The molecule has 28 heavy (non-hydrogen) atoms. The van der Waals surface area contributed by atoms with Crippen LogP contribution in [-0.2, 0) is 13.6 Å². The molecule has 7 heteroatoms. The molecule has 4 rings (SSSR count). The first-order valence-corrected chi connectivity index (χ1v) is 10.1. The Labute approximate surface area is 166 Å². The molecule has 150 valence electrons. The maximum atomic E-state index is 13.3. The third kappa shape index (κ3) is 4.11. The Balaban J connectivity index is 1.50. The van der Waals surface area contributed by atoms with E-state index in [-0.39, 0.29) is 11.9 Å². The van der Waals surface area contributed by atoms with Crippen LogP contribution in [0.3, 0.4) is 0 Å². The van der Waals surface area contributed by atoms with Crippen LogP contribution in [0.4, 0.5) is 0 Å². The van der Waals surface area contributed by atoms with Crippen LogP contribution in [0.25, 0.3) is 0 Å². The first kappa shape index (κ1) is 19.1. The highest BCUT2D eigenvalue weighted by molar-refractivity contribution is 5.94. The fourth-order valence-electron chi connectivity index (χ4n) is 4.11. The maximum Gasteiger partial charge on any atom is 0.254 e. The second-order valence-electron chi connectivity index (χ2n) is 7.89. The number of benzene rings is 1. The molecule has 2 aromatic rings. The summed E-state index contributed by atoms with van der Waals surface area (Å²) >= 11 is 0. The van der Waals surface area contributed by atoms with E-state index >= 15 is 0 Å². The summed E-state index contributed by atoms with van der Waals surface area (Å²) in [5, 5.41) is 3.40. The SMILES string of the molecule is CN1CCN(Cc2cccc(C(=O)N3CCNCC3c3nccn3C)c2)CC1. The van der Waals surface area contributed by atoms with E-state index in [9.17, 15) is 4.79 Å². The standard InChI is InChI=1S/C21H30N6O/c1-24-10-12-26(13-11-24)16-17-4-3-5-18(14-17)21(28)27-9-6-22-15-19(27)20-23-7-8-25(20)2/h3-5,7-8,14,19,22H,6,9-13,15-16H2,1-2H3. The summed E-state index contributed by atoms with van der Waals surface area (Å²) in [7, 11) is 4.15. The molecule has 1 aromatic carbocycles. The summed E-state index contributed by atoms with van der Waals surface area (Å²) in [5.74, 6) is 1.02. The fourth-order valence-corrected chi connectivity index (χ4v) is 4.11. The van der Waals surface area contributed by atoms with E-state index < -0.39 is 0 Å². The summed E-state index contributed by atoms with van der Waals surface area (Å²) < 4.78 is 2.00. The van der Waals surface area contributed by atoms with Gasteiger partial charge < -0.3 is 19.7 Å². The number of hydrogen-bond acceptors (Lipinski definition) is 5. The predicted octanol–water partition coefficient (Wildman–Crippen LogP) is 0.954. The number of carbonyl (C=O) groups excluding carboxylic acids is 1. The molecule has 1 unspecified atom stereocenters. The third-order valence-electron chi connectivity index (χ3n) is 5.84. The van der Waals surface area contributed by atoms with Gasteiger partial charge in [-0.05, 0) is 24.7 Å². The number of amides is 1. The molecule has 0 aliphatic carbocycles. The smallest absolute Gasteiger partial charge is 0.254 e. The Morgan fingerprint density at radius 2 is 2.00 bits per heavy atom. The Morgan fingerprint density at radius 3 is 2.75 bits per heavy atom. The second kappa shape index (κ2) is 8.43. The molecular weight excluding hydrogens is 352 g/mol. The highest BCUT2D eigenvalue weighted by Gasteiger charge is 2.31. The average molecular weight is 383 g/mol. The maximum absolute atomic E-state index is 13.3. The zero-order chi connectivity index (χ0) is 19.5. The van der Waals surface area contributed by atoms with Crippen molar-refractivity contribution in [3.05, 3.63) is 53.6 Å². The van der Waals surface area contributed by atoms with Crippen LogP contribution in [0.15, 0.2) is 36.7 Å². The summed E-state index contributed by atoms with van der Waals surface area (Å²) in [6.45, 7) is 7.50. The van der Waals surface area contributed by atoms with Gasteiger partial charge in [-0.3, -0.25) is 9.69 Å². The van der Waals surface area contributed by atoms with Crippen LogP contribution in [0.1, 0.15) is 27.8 Å². The van der Waals surface area contributed by atoms with Gasteiger partial charge in [0.15, 0.2) is 0 Å². The lowest BCUT2D eigenvalue weighted by Gasteiger charge is -2.36. The molecule has 2 fully saturated rings. The van der Waals surface area contributed by atoms with Crippen LogP contribution < -0.4 is 5.32 Å². The van der Waals surface area contributed by atoms with Crippen molar-refractivity contribution in [1.82, 2.24) is 29.6 Å². The van der Waals surface area contributed by atoms with E-state index in [2.05, 4.69) is 39.3 Å². The van der Waals surface area contributed by atoms with Crippen molar-refractivity contribution in [3.63, 3.8) is 0 Å². The molecule has 1 amide bonds. The first-order chi connectivity index (χ1) is 13.6. The molecule has 0 spiro atoms. The van der Waals surface area contributed by atoms with Gasteiger partial charge in [0.05, 0.1) is 0 Å². The van der Waals surface area contributed by atoms with Crippen LogP contribution >= 0.6 is 0 Å². The molecule has 7 nitrogen and oxygen atoms in total. The van der Waals surface area contributed by atoms with Gasteiger partial charge in [-0.2, -0.15) is 0 Å². The van der Waals surface area contributed by atoms with Crippen molar-refractivity contribution in [2.24, 2.45) is 7.05 Å².